The van der Waals surface area contributed by atoms with Crippen molar-refractivity contribution in [2.45, 2.75) is 46.0 Å². The Kier molecular flexibility index (Phi) is 8.15. The normalized spacial score (nSPS) is 12.7. The highest BCUT2D eigenvalue weighted by Gasteiger charge is 2.03. The van der Waals surface area contributed by atoms with Crippen LogP contribution in [0, 0.1) is 5.92 Å². The minimum absolute atomic E-state index is 0.407. The third-order valence-corrected chi connectivity index (χ3v) is 2.46. The van der Waals surface area contributed by atoms with Gasteiger partial charge in [-0.15, -0.1) is 0 Å². The third kappa shape index (κ3) is 7.00. The van der Waals surface area contributed by atoms with Crippen LogP contribution in [-0.2, 0) is 0 Å². The van der Waals surface area contributed by atoms with Crippen LogP contribution in [0.1, 0.15) is 46.0 Å². The summed E-state index contributed by atoms with van der Waals surface area (Å²) >= 11 is 11.1. The summed E-state index contributed by atoms with van der Waals surface area (Å²) in [6.45, 7) is 4.44. The summed E-state index contributed by atoms with van der Waals surface area (Å²) < 4.78 is 0.407. The van der Waals surface area contributed by atoms with E-state index in [0.29, 0.717) is 4.49 Å². The summed E-state index contributed by atoms with van der Waals surface area (Å²) in [5.74, 6) is 0.762. The van der Waals surface area contributed by atoms with Gasteiger partial charge in [-0.3, -0.25) is 0 Å². The summed E-state index contributed by atoms with van der Waals surface area (Å²) in [5, 5.41) is 0. The molecule has 0 fully saturated rings. The molecule has 0 heterocycles. The molecule has 0 aromatic carbocycles. The molecule has 0 N–H and O–H groups in total. The van der Waals surface area contributed by atoms with Crippen molar-refractivity contribution in [3.8, 4) is 0 Å². The smallest absolute Gasteiger partial charge is 0.0712 e. The molecule has 0 aromatic heterocycles. The van der Waals surface area contributed by atoms with E-state index in [1.807, 2.05) is 6.08 Å². The zero-order valence-corrected chi connectivity index (χ0v) is 9.46. The monoisotopic (exact) mass is 208 g/mol. The van der Waals surface area contributed by atoms with E-state index in [0.717, 1.165) is 12.3 Å². The molecule has 0 spiro atoms. The lowest BCUT2D eigenvalue weighted by atomic mass is 9.96. The average Bonchev–Trinajstić information content (AvgIpc) is 2.05. The predicted octanol–water partition coefficient (Wildman–Crippen LogP) is 4.91. The first-order chi connectivity index (χ1) is 5.70. The van der Waals surface area contributed by atoms with Crippen LogP contribution >= 0.6 is 23.2 Å². The Hall–Kier alpha value is 0.320. The van der Waals surface area contributed by atoms with Gasteiger partial charge in [0.2, 0.25) is 0 Å². The molecule has 0 bridgehead atoms. The highest BCUT2D eigenvalue weighted by molar-refractivity contribution is 6.55. The minimum atomic E-state index is 0.407. The number of hydrogen-bond donors (Lipinski definition) is 0. The highest BCUT2D eigenvalue weighted by atomic mass is 35.5. The number of halogens is 2. The molecule has 72 valence electrons. The van der Waals surface area contributed by atoms with Gasteiger partial charge in [-0.25, -0.2) is 0 Å². The van der Waals surface area contributed by atoms with E-state index in [1.54, 1.807) is 0 Å². The van der Waals surface area contributed by atoms with Gasteiger partial charge in [0.25, 0.3) is 0 Å². The Balaban J connectivity index is 3.60. The van der Waals surface area contributed by atoms with E-state index in [-0.39, 0.29) is 0 Å². The summed E-state index contributed by atoms with van der Waals surface area (Å²) in [5.41, 5.74) is 0. The van der Waals surface area contributed by atoms with Crippen molar-refractivity contribution in [3.63, 3.8) is 0 Å². The topological polar surface area (TPSA) is 0 Å². The second-order valence-corrected chi connectivity index (χ2v) is 4.15. The van der Waals surface area contributed by atoms with Crippen LogP contribution in [0.2, 0.25) is 0 Å². The minimum Gasteiger partial charge on any atom is -0.0712 e. The van der Waals surface area contributed by atoms with Crippen molar-refractivity contribution < 1.29 is 0 Å². The molecule has 0 radical (unpaired) electrons. The Bertz CT molecular complexity index is 126. The third-order valence-electron chi connectivity index (χ3n) is 2.15. The number of allylic oxidation sites excluding steroid dienone is 1. The van der Waals surface area contributed by atoms with Gasteiger partial charge in [-0.1, -0.05) is 68.8 Å². The fourth-order valence-corrected chi connectivity index (χ4v) is 1.42. The predicted molar refractivity (Wildman–Crippen MR) is 57.7 cm³/mol. The van der Waals surface area contributed by atoms with Gasteiger partial charge in [0, 0.05) is 0 Å². The van der Waals surface area contributed by atoms with Crippen LogP contribution in [0.4, 0.5) is 0 Å². The molecule has 1 atom stereocenters. The van der Waals surface area contributed by atoms with Gasteiger partial charge in [0.05, 0.1) is 0 Å². The maximum absolute atomic E-state index is 5.54. The van der Waals surface area contributed by atoms with Crippen molar-refractivity contribution in [2.24, 2.45) is 5.92 Å². The fourth-order valence-electron chi connectivity index (χ4n) is 1.24. The zero-order valence-electron chi connectivity index (χ0n) is 7.95. The lowest BCUT2D eigenvalue weighted by molar-refractivity contribution is 0.456. The van der Waals surface area contributed by atoms with Crippen molar-refractivity contribution in [2.75, 3.05) is 0 Å². The largest absolute Gasteiger partial charge is 0.102 e. The molecule has 0 aromatic rings. The van der Waals surface area contributed by atoms with Gasteiger partial charge in [-0.2, -0.15) is 0 Å². The molecule has 0 saturated carbocycles. The fraction of sp³-hybridized carbons (Fsp3) is 0.800. The number of rotatable bonds is 6. The highest BCUT2D eigenvalue weighted by Crippen LogP contribution is 2.19. The summed E-state index contributed by atoms with van der Waals surface area (Å²) in [4.78, 5) is 0. The Labute approximate surface area is 85.9 Å². The Morgan fingerprint density at radius 1 is 1.33 bits per heavy atom. The average molecular weight is 209 g/mol. The van der Waals surface area contributed by atoms with Crippen LogP contribution in [0.5, 0.6) is 0 Å². The zero-order chi connectivity index (χ0) is 9.40. The van der Waals surface area contributed by atoms with E-state index in [1.165, 1.54) is 25.7 Å². The Morgan fingerprint density at radius 2 is 2.00 bits per heavy atom. The van der Waals surface area contributed by atoms with Crippen molar-refractivity contribution in [1.82, 2.24) is 0 Å². The van der Waals surface area contributed by atoms with Crippen LogP contribution in [0.25, 0.3) is 0 Å². The molecule has 0 aliphatic carbocycles. The quantitative estimate of drug-likeness (QED) is 0.582. The lowest BCUT2D eigenvalue weighted by Gasteiger charge is -2.10. The summed E-state index contributed by atoms with van der Waals surface area (Å²) in [6.07, 6.45) is 8.04. The molecule has 0 saturated heterocycles. The van der Waals surface area contributed by atoms with Gasteiger partial charge in [-0.05, 0) is 12.3 Å². The molecular formula is C10H18Cl2. The van der Waals surface area contributed by atoms with E-state index < -0.39 is 0 Å². The molecule has 0 rings (SSSR count). The number of hydrogen-bond acceptors (Lipinski definition) is 0. The van der Waals surface area contributed by atoms with Crippen LogP contribution in [-0.4, -0.2) is 0 Å². The molecule has 1 unspecified atom stereocenters. The molecular weight excluding hydrogens is 191 g/mol. The first-order valence-electron chi connectivity index (χ1n) is 4.71. The van der Waals surface area contributed by atoms with E-state index in [9.17, 15) is 0 Å². The Morgan fingerprint density at radius 3 is 2.42 bits per heavy atom. The molecule has 0 amide bonds. The van der Waals surface area contributed by atoms with E-state index in [2.05, 4.69) is 13.8 Å². The molecule has 0 aliphatic heterocycles. The van der Waals surface area contributed by atoms with E-state index in [4.69, 9.17) is 23.2 Å². The molecule has 12 heavy (non-hydrogen) atoms. The molecule has 0 nitrogen and oxygen atoms in total. The van der Waals surface area contributed by atoms with Crippen molar-refractivity contribution in [1.29, 1.82) is 0 Å². The number of unbranched alkanes of at least 4 members (excludes halogenated alkanes) is 1. The van der Waals surface area contributed by atoms with Gasteiger partial charge >= 0.3 is 0 Å². The van der Waals surface area contributed by atoms with E-state index >= 15 is 0 Å². The van der Waals surface area contributed by atoms with Gasteiger partial charge < -0.3 is 0 Å². The first kappa shape index (κ1) is 12.3. The first-order valence-corrected chi connectivity index (χ1v) is 5.47. The van der Waals surface area contributed by atoms with Gasteiger partial charge in [0.1, 0.15) is 4.49 Å². The lowest BCUT2D eigenvalue weighted by Crippen LogP contribution is -1.96. The maximum Gasteiger partial charge on any atom is 0.102 e. The second-order valence-electron chi connectivity index (χ2n) is 3.15. The standard InChI is InChI=1S/C10H18Cl2/c1-3-5-6-9(4-2)7-8-10(11)12/h8-9H,3-7H2,1-2H3. The maximum atomic E-state index is 5.54. The summed E-state index contributed by atoms with van der Waals surface area (Å²) in [6, 6.07) is 0. The van der Waals surface area contributed by atoms with Gasteiger partial charge in [0.15, 0.2) is 0 Å². The summed E-state index contributed by atoms with van der Waals surface area (Å²) in [7, 11) is 0. The van der Waals surface area contributed by atoms with Crippen molar-refractivity contribution >= 4 is 23.2 Å². The SMILES string of the molecule is CCCCC(CC)CC=C(Cl)Cl. The van der Waals surface area contributed by atoms with Crippen molar-refractivity contribution in [3.05, 3.63) is 10.6 Å². The van der Waals surface area contributed by atoms with Crippen LogP contribution < -0.4 is 0 Å². The second kappa shape index (κ2) is 7.94. The van der Waals surface area contributed by atoms with Crippen LogP contribution in [0.3, 0.4) is 0 Å². The van der Waals surface area contributed by atoms with Crippen LogP contribution in [0.15, 0.2) is 10.6 Å². The molecule has 0 aliphatic rings. The molecule has 2 heteroatoms.